The van der Waals surface area contributed by atoms with Crippen molar-refractivity contribution in [1.82, 2.24) is 15.1 Å². The topological polar surface area (TPSA) is 65.4 Å². The molecule has 0 radical (unpaired) electrons. The van der Waals surface area contributed by atoms with Gasteiger partial charge in [0, 0.05) is 11.3 Å². The molecule has 0 bridgehead atoms. The van der Waals surface area contributed by atoms with E-state index in [2.05, 4.69) is 10.4 Å². The summed E-state index contributed by atoms with van der Waals surface area (Å²) in [5.41, 5.74) is 3.41. The number of carbonyl (C=O) groups excluding carboxylic acids is 1. The molecular weight excluding hydrogens is 385 g/mol. The van der Waals surface area contributed by atoms with Crippen LogP contribution in [0.2, 0.25) is 0 Å². The van der Waals surface area contributed by atoms with Crippen molar-refractivity contribution in [1.29, 1.82) is 0 Å². The van der Waals surface area contributed by atoms with Gasteiger partial charge >= 0.3 is 0 Å². The van der Waals surface area contributed by atoms with Crippen molar-refractivity contribution < 1.29 is 18.7 Å². The van der Waals surface area contributed by atoms with E-state index >= 15 is 0 Å². The van der Waals surface area contributed by atoms with Crippen molar-refractivity contribution in [3.63, 3.8) is 0 Å². The Balaban J connectivity index is 1.62. The summed E-state index contributed by atoms with van der Waals surface area (Å²) in [5.74, 6) is 0.591. The second kappa shape index (κ2) is 8.18. The molecule has 1 unspecified atom stereocenters. The maximum Gasteiger partial charge on any atom is 0.272 e. The van der Waals surface area contributed by atoms with Gasteiger partial charge in [0.15, 0.2) is 17.2 Å². The van der Waals surface area contributed by atoms with Crippen LogP contribution in [0.15, 0.2) is 42.5 Å². The zero-order chi connectivity index (χ0) is 21.3. The Kier molecular flexibility index (Phi) is 5.44. The Bertz CT molecular complexity index is 1090. The van der Waals surface area contributed by atoms with Gasteiger partial charge in [-0.05, 0) is 56.0 Å². The van der Waals surface area contributed by atoms with Crippen LogP contribution in [-0.4, -0.2) is 29.9 Å². The molecule has 2 aromatic carbocycles. The van der Waals surface area contributed by atoms with Crippen LogP contribution in [0.4, 0.5) is 4.39 Å². The number of aromatic nitrogens is 2. The van der Waals surface area contributed by atoms with Gasteiger partial charge in [-0.3, -0.25) is 4.79 Å². The van der Waals surface area contributed by atoms with Gasteiger partial charge < -0.3 is 14.8 Å². The number of hydrogen-bond acceptors (Lipinski definition) is 4. The van der Waals surface area contributed by atoms with E-state index in [0.29, 0.717) is 22.9 Å². The van der Waals surface area contributed by atoms with Crippen molar-refractivity contribution in [2.45, 2.75) is 32.2 Å². The first kappa shape index (κ1) is 19.9. The molecule has 0 saturated carbocycles. The molecule has 0 saturated heterocycles. The summed E-state index contributed by atoms with van der Waals surface area (Å²) in [4.78, 5) is 13.1. The van der Waals surface area contributed by atoms with Crippen molar-refractivity contribution in [2.75, 3.05) is 14.2 Å². The summed E-state index contributed by atoms with van der Waals surface area (Å²) in [7, 11) is 3.15. The molecule has 0 aliphatic heterocycles. The minimum absolute atomic E-state index is 0.270. The van der Waals surface area contributed by atoms with Crippen LogP contribution in [0.25, 0.3) is 5.69 Å². The van der Waals surface area contributed by atoms with Crippen LogP contribution in [0.3, 0.4) is 0 Å². The average molecular weight is 409 g/mol. The predicted octanol–water partition coefficient (Wildman–Crippen LogP) is 4.01. The fourth-order valence-electron chi connectivity index (χ4n) is 3.91. The standard InChI is InChI=1S/C23H24FN3O3/c1-14(15-11-12-20(29-2)21(13-15)30-3)25-23(28)22-16-7-6-10-18(16)27(26-22)19-9-5-4-8-17(19)24/h4-5,8-9,11-14H,6-7,10H2,1-3H3,(H,25,28). The van der Waals surface area contributed by atoms with Crippen molar-refractivity contribution in [3.8, 4) is 17.2 Å². The summed E-state index contributed by atoms with van der Waals surface area (Å²) in [6.45, 7) is 1.90. The Labute approximate surface area is 174 Å². The second-order valence-electron chi connectivity index (χ2n) is 7.30. The molecule has 1 aliphatic rings. The Hall–Kier alpha value is -3.35. The largest absolute Gasteiger partial charge is 0.493 e. The molecule has 1 N–H and O–H groups in total. The molecule has 0 fully saturated rings. The lowest BCUT2D eigenvalue weighted by Gasteiger charge is -2.16. The highest BCUT2D eigenvalue weighted by atomic mass is 19.1. The molecule has 0 spiro atoms. The quantitative estimate of drug-likeness (QED) is 0.668. The summed E-state index contributed by atoms with van der Waals surface area (Å²) in [6, 6.07) is 11.7. The fourth-order valence-corrected chi connectivity index (χ4v) is 3.91. The smallest absolute Gasteiger partial charge is 0.272 e. The van der Waals surface area contributed by atoms with E-state index < -0.39 is 0 Å². The van der Waals surface area contributed by atoms with Crippen LogP contribution >= 0.6 is 0 Å². The average Bonchev–Trinajstić information content (AvgIpc) is 3.36. The molecule has 30 heavy (non-hydrogen) atoms. The normalized spacial score (nSPS) is 13.6. The Morgan fingerprint density at radius 2 is 1.90 bits per heavy atom. The molecule has 1 aromatic heterocycles. The first-order valence-electron chi connectivity index (χ1n) is 9.92. The molecule has 6 nitrogen and oxygen atoms in total. The zero-order valence-corrected chi connectivity index (χ0v) is 17.2. The van der Waals surface area contributed by atoms with E-state index in [0.717, 1.165) is 36.1 Å². The van der Waals surface area contributed by atoms with Gasteiger partial charge in [-0.25, -0.2) is 9.07 Å². The predicted molar refractivity (Wildman–Crippen MR) is 111 cm³/mol. The molecular formula is C23H24FN3O3. The molecule has 1 atom stereocenters. The number of nitrogens with zero attached hydrogens (tertiary/aromatic N) is 2. The number of nitrogens with one attached hydrogen (secondary N) is 1. The number of ether oxygens (including phenoxy) is 2. The van der Waals surface area contributed by atoms with E-state index in [9.17, 15) is 9.18 Å². The maximum atomic E-state index is 14.3. The first-order chi connectivity index (χ1) is 14.5. The van der Waals surface area contributed by atoms with Gasteiger partial charge in [0.1, 0.15) is 11.5 Å². The van der Waals surface area contributed by atoms with Gasteiger partial charge in [0.05, 0.1) is 20.3 Å². The number of hydrogen-bond donors (Lipinski definition) is 1. The summed E-state index contributed by atoms with van der Waals surface area (Å²) >= 11 is 0. The third-order valence-electron chi connectivity index (χ3n) is 5.48. The first-order valence-corrected chi connectivity index (χ1v) is 9.92. The van der Waals surface area contributed by atoms with Crippen LogP contribution in [-0.2, 0) is 12.8 Å². The highest BCUT2D eigenvalue weighted by Gasteiger charge is 2.28. The molecule has 1 amide bonds. The summed E-state index contributed by atoms with van der Waals surface area (Å²) in [5, 5.41) is 7.50. The van der Waals surface area contributed by atoms with Gasteiger partial charge in [-0.15, -0.1) is 0 Å². The monoisotopic (exact) mass is 409 g/mol. The molecule has 4 rings (SSSR count). The number of carbonyl (C=O) groups is 1. The summed E-state index contributed by atoms with van der Waals surface area (Å²) in [6.07, 6.45) is 2.46. The molecule has 156 valence electrons. The number of methoxy groups -OCH3 is 2. The van der Waals surface area contributed by atoms with E-state index in [4.69, 9.17) is 9.47 Å². The Morgan fingerprint density at radius 3 is 2.63 bits per heavy atom. The van der Waals surface area contributed by atoms with E-state index in [-0.39, 0.29) is 17.8 Å². The third kappa shape index (κ3) is 3.51. The van der Waals surface area contributed by atoms with Gasteiger partial charge in [-0.1, -0.05) is 18.2 Å². The summed E-state index contributed by atoms with van der Waals surface area (Å²) < 4.78 is 26.5. The van der Waals surface area contributed by atoms with Gasteiger partial charge in [-0.2, -0.15) is 5.10 Å². The van der Waals surface area contributed by atoms with Crippen LogP contribution in [0.5, 0.6) is 11.5 Å². The number of amides is 1. The molecule has 1 heterocycles. The maximum absolute atomic E-state index is 14.3. The highest BCUT2D eigenvalue weighted by molar-refractivity contribution is 5.94. The number of benzene rings is 2. The van der Waals surface area contributed by atoms with E-state index in [1.807, 2.05) is 19.1 Å². The minimum Gasteiger partial charge on any atom is -0.493 e. The minimum atomic E-state index is -0.361. The SMILES string of the molecule is COc1ccc(C(C)NC(=O)c2nn(-c3ccccc3F)c3c2CCC3)cc1OC. The zero-order valence-electron chi connectivity index (χ0n) is 17.2. The number of rotatable bonds is 6. The number of fused-ring (bicyclic) bond motifs is 1. The van der Waals surface area contributed by atoms with Crippen molar-refractivity contribution >= 4 is 5.91 Å². The van der Waals surface area contributed by atoms with Gasteiger partial charge in [0.2, 0.25) is 0 Å². The van der Waals surface area contributed by atoms with Crippen molar-refractivity contribution in [2.24, 2.45) is 0 Å². The lowest BCUT2D eigenvalue weighted by atomic mass is 10.1. The molecule has 3 aromatic rings. The van der Waals surface area contributed by atoms with Crippen LogP contribution < -0.4 is 14.8 Å². The van der Waals surface area contributed by atoms with Crippen LogP contribution in [0, 0.1) is 5.82 Å². The van der Waals surface area contributed by atoms with Gasteiger partial charge in [0.25, 0.3) is 5.91 Å². The van der Waals surface area contributed by atoms with Crippen LogP contribution in [0.1, 0.15) is 46.7 Å². The Morgan fingerprint density at radius 1 is 1.13 bits per heavy atom. The van der Waals surface area contributed by atoms with E-state index in [1.165, 1.54) is 6.07 Å². The third-order valence-corrected chi connectivity index (χ3v) is 5.48. The van der Waals surface area contributed by atoms with E-state index in [1.54, 1.807) is 43.2 Å². The second-order valence-corrected chi connectivity index (χ2v) is 7.30. The highest BCUT2D eigenvalue weighted by Crippen LogP contribution is 2.31. The lowest BCUT2D eigenvalue weighted by molar-refractivity contribution is 0.0933. The molecule has 7 heteroatoms. The van der Waals surface area contributed by atoms with Crippen molar-refractivity contribution in [3.05, 3.63) is 70.8 Å². The molecule has 1 aliphatic carbocycles. The number of halogens is 1. The number of para-hydroxylation sites is 1. The lowest BCUT2D eigenvalue weighted by Crippen LogP contribution is -2.28. The fraction of sp³-hybridized carbons (Fsp3) is 0.304.